The predicted octanol–water partition coefficient (Wildman–Crippen LogP) is 2.42. The van der Waals surface area contributed by atoms with E-state index in [4.69, 9.17) is 0 Å². The number of hydrogen-bond acceptors (Lipinski definition) is 6. The van der Waals surface area contributed by atoms with Gasteiger partial charge >= 0.3 is 0 Å². The van der Waals surface area contributed by atoms with Crippen LogP contribution in [0.4, 0.5) is 11.4 Å². The van der Waals surface area contributed by atoms with Crippen LogP contribution in [0, 0.1) is 10.1 Å². The average molecular weight is 372 g/mol. The molecule has 0 spiro atoms. The number of benzene rings is 1. The van der Waals surface area contributed by atoms with Gasteiger partial charge < -0.3 is 5.32 Å². The maximum Gasteiger partial charge on any atom is 0.293 e. The Morgan fingerprint density at radius 3 is 2.28 bits per heavy atom. The molecule has 25 heavy (non-hydrogen) atoms. The number of nitrogens with zero attached hydrogens (tertiary/aromatic N) is 2. The third kappa shape index (κ3) is 5.94. The first-order valence-electron chi connectivity index (χ1n) is 8.37. The Balaban J connectivity index is 2.92. The van der Waals surface area contributed by atoms with Crippen molar-refractivity contribution in [1.82, 2.24) is 9.62 Å². The number of nitro groups is 1. The molecule has 0 aliphatic carbocycles. The quantitative estimate of drug-likeness (QED) is 0.483. The second kappa shape index (κ2) is 9.12. The van der Waals surface area contributed by atoms with E-state index in [1.165, 1.54) is 12.1 Å². The summed E-state index contributed by atoms with van der Waals surface area (Å²) in [6.07, 6.45) is 0. The second-order valence-electron chi connectivity index (χ2n) is 6.29. The van der Waals surface area contributed by atoms with Gasteiger partial charge in [0.15, 0.2) is 0 Å². The van der Waals surface area contributed by atoms with E-state index in [2.05, 4.69) is 42.6 Å². The SMILES string of the molecule is CCNc1ccc(S(=O)(=O)NCCN(C(C)C)C(C)C)cc1[N+](=O)[O-]. The van der Waals surface area contributed by atoms with E-state index < -0.39 is 14.9 Å². The number of sulfonamides is 1. The normalized spacial score (nSPS) is 12.2. The summed E-state index contributed by atoms with van der Waals surface area (Å²) in [5.74, 6) is 0. The molecule has 1 aromatic rings. The Morgan fingerprint density at radius 2 is 1.80 bits per heavy atom. The molecule has 0 aliphatic heterocycles. The van der Waals surface area contributed by atoms with Gasteiger partial charge in [0.05, 0.1) is 9.82 Å². The molecular formula is C16H28N4O4S. The first-order valence-corrected chi connectivity index (χ1v) is 9.86. The lowest BCUT2D eigenvalue weighted by atomic mass is 10.2. The van der Waals surface area contributed by atoms with Gasteiger partial charge in [0.2, 0.25) is 10.0 Å². The minimum Gasteiger partial charge on any atom is -0.380 e. The van der Waals surface area contributed by atoms with Gasteiger partial charge in [-0.1, -0.05) is 0 Å². The van der Waals surface area contributed by atoms with Crippen molar-refractivity contribution in [3.05, 3.63) is 28.3 Å². The molecule has 0 radical (unpaired) electrons. The average Bonchev–Trinajstić information content (AvgIpc) is 2.51. The zero-order valence-corrected chi connectivity index (χ0v) is 16.3. The number of hydrogen-bond donors (Lipinski definition) is 2. The van der Waals surface area contributed by atoms with Crippen molar-refractivity contribution in [3.8, 4) is 0 Å². The maximum atomic E-state index is 12.4. The Hall–Kier alpha value is -1.71. The molecule has 0 atom stereocenters. The van der Waals surface area contributed by atoms with Gasteiger partial charge in [0.25, 0.3) is 5.69 Å². The molecule has 0 fully saturated rings. The fourth-order valence-electron chi connectivity index (χ4n) is 2.67. The molecule has 0 amide bonds. The van der Waals surface area contributed by atoms with Crippen LogP contribution in [0.15, 0.2) is 23.1 Å². The van der Waals surface area contributed by atoms with Gasteiger partial charge in [-0.2, -0.15) is 0 Å². The minimum atomic E-state index is -3.80. The summed E-state index contributed by atoms with van der Waals surface area (Å²) < 4.78 is 27.4. The fraction of sp³-hybridized carbons (Fsp3) is 0.625. The fourth-order valence-corrected chi connectivity index (χ4v) is 3.72. The first kappa shape index (κ1) is 21.3. The maximum absolute atomic E-state index is 12.4. The van der Waals surface area contributed by atoms with E-state index in [1.807, 2.05) is 6.92 Å². The first-order chi connectivity index (χ1) is 11.6. The highest BCUT2D eigenvalue weighted by Gasteiger charge is 2.21. The van der Waals surface area contributed by atoms with E-state index in [0.717, 1.165) is 6.07 Å². The van der Waals surface area contributed by atoms with Crippen LogP contribution in [0.5, 0.6) is 0 Å². The minimum absolute atomic E-state index is 0.110. The van der Waals surface area contributed by atoms with Crippen LogP contribution < -0.4 is 10.0 Å². The highest BCUT2D eigenvalue weighted by molar-refractivity contribution is 7.89. The topological polar surface area (TPSA) is 105 Å². The lowest BCUT2D eigenvalue weighted by Gasteiger charge is -2.30. The second-order valence-corrected chi connectivity index (χ2v) is 8.06. The Bertz CT molecular complexity index is 681. The molecule has 0 heterocycles. The van der Waals surface area contributed by atoms with Crippen molar-refractivity contribution < 1.29 is 13.3 Å². The summed E-state index contributed by atoms with van der Waals surface area (Å²) in [6.45, 7) is 11.3. The zero-order valence-electron chi connectivity index (χ0n) is 15.4. The standard InChI is InChI=1S/C16H28N4O4S/c1-6-17-15-8-7-14(11-16(15)20(21)22)25(23,24)18-9-10-19(12(2)3)13(4)5/h7-8,11-13,17-18H,6,9-10H2,1-5H3. The molecule has 0 saturated carbocycles. The number of nitro benzene ring substituents is 1. The number of rotatable bonds is 10. The summed E-state index contributed by atoms with van der Waals surface area (Å²) in [5.41, 5.74) is 0.0490. The van der Waals surface area contributed by atoms with Gasteiger partial charge in [-0.3, -0.25) is 15.0 Å². The molecule has 0 aliphatic rings. The van der Waals surface area contributed by atoms with Gasteiger partial charge in [-0.25, -0.2) is 13.1 Å². The van der Waals surface area contributed by atoms with Crippen molar-refractivity contribution in [3.63, 3.8) is 0 Å². The van der Waals surface area contributed by atoms with Crippen LogP contribution in [0.2, 0.25) is 0 Å². The van der Waals surface area contributed by atoms with E-state index in [1.54, 1.807) is 0 Å². The van der Waals surface area contributed by atoms with E-state index in [0.29, 0.717) is 30.9 Å². The number of anilines is 1. The summed E-state index contributed by atoms with van der Waals surface area (Å²) in [6, 6.07) is 4.47. The van der Waals surface area contributed by atoms with Crippen molar-refractivity contribution in [2.45, 2.75) is 51.6 Å². The molecule has 0 bridgehead atoms. The summed E-state index contributed by atoms with van der Waals surface area (Å²) in [7, 11) is -3.80. The Labute approximate surface area is 149 Å². The lowest BCUT2D eigenvalue weighted by Crippen LogP contribution is -2.42. The molecule has 8 nitrogen and oxygen atoms in total. The Kier molecular flexibility index (Phi) is 7.78. The smallest absolute Gasteiger partial charge is 0.293 e. The largest absolute Gasteiger partial charge is 0.380 e. The monoisotopic (exact) mass is 372 g/mol. The molecule has 9 heteroatoms. The summed E-state index contributed by atoms with van der Waals surface area (Å²) >= 11 is 0. The highest BCUT2D eigenvalue weighted by atomic mass is 32.2. The van der Waals surface area contributed by atoms with Crippen molar-refractivity contribution in [1.29, 1.82) is 0 Å². The van der Waals surface area contributed by atoms with E-state index in [-0.39, 0.29) is 17.1 Å². The van der Waals surface area contributed by atoms with Crippen molar-refractivity contribution >= 4 is 21.4 Å². The van der Waals surface area contributed by atoms with Crippen LogP contribution in [0.1, 0.15) is 34.6 Å². The number of nitrogens with one attached hydrogen (secondary N) is 2. The van der Waals surface area contributed by atoms with E-state index in [9.17, 15) is 18.5 Å². The molecular weight excluding hydrogens is 344 g/mol. The lowest BCUT2D eigenvalue weighted by molar-refractivity contribution is -0.384. The summed E-state index contributed by atoms with van der Waals surface area (Å²) in [5, 5.41) is 14.0. The zero-order chi connectivity index (χ0) is 19.2. The van der Waals surface area contributed by atoms with Gasteiger partial charge in [-0.05, 0) is 46.8 Å². The third-order valence-electron chi connectivity index (χ3n) is 3.83. The van der Waals surface area contributed by atoms with Gasteiger partial charge in [0.1, 0.15) is 5.69 Å². The third-order valence-corrected chi connectivity index (χ3v) is 5.29. The molecule has 2 N–H and O–H groups in total. The molecule has 0 aromatic heterocycles. The van der Waals surface area contributed by atoms with Crippen LogP contribution in [-0.2, 0) is 10.0 Å². The molecule has 0 unspecified atom stereocenters. The molecule has 142 valence electrons. The van der Waals surface area contributed by atoms with Crippen molar-refractivity contribution in [2.24, 2.45) is 0 Å². The van der Waals surface area contributed by atoms with E-state index >= 15 is 0 Å². The van der Waals surface area contributed by atoms with Crippen molar-refractivity contribution in [2.75, 3.05) is 25.0 Å². The van der Waals surface area contributed by atoms with Gasteiger partial charge in [-0.15, -0.1) is 0 Å². The Morgan fingerprint density at radius 1 is 1.20 bits per heavy atom. The van der Waals surface area contributed by atoms with Crippen LogP contribution in [0.3, 0.4) is 0 Å². The van der Waals surface area contributed by atoms with Crippen LogP contribution >= 0.6 is 0 Å². The molecule has 1 aromatic carbocycles. The van der Waals surface area contributed by atoms with Gasteiger partial charge in [0, 0.05) is 37.8 Å². The highest BCUT2D eigenvalue weighted by Crippen LogP contribution is 2.27. The molecule has 0 saturated heterocycles. The van der Waals surface area contributed by atoms with Crippen LogP contribution in [0.25, 0.3) is 0 Å². The predicted molar refractivity (Wildman–Crippen MR) is 99.4 cm³/mol. The molecule has 1 rings (SSSR count). The summed E-state index contributed by atoms with van der Waals surface area (Å²) in [4.78, 5) is 12.6. The van der Waals surface area contributed by atoms with Crippen LogP contribution in [-0.4, -0.2) is 50.0 Å².